The summed E-state index contributed by atoms with van der Waals surface area (Å²) < 4.78 is 3.02. The van der Waals surface area contributed by atoms with Crippen molar-refractivity contribution >= 4 is 16.1 Å². The molecule has 1 nitrogen and oxygen atoms in total. The van der Waals surface area contributed by atoms with Crippen LogP contribution in [0.5, 0.6) is 0 Å². The predicted octanol–water partition coefficient (Wildman–Crippen LogP) is 3.48. The Morgan fingerprint density at radius 1 is 0.632 bits per heavy atom. The Balaban J connectivity index is -0.00000144. The van der Waals surface area contributed by atoms with Gasteiger partial charge in [0, 0.05) is 22.7 Å². The minimum absolute atomic E-state index is 0. The van der Waals surface area contributed by atoms with Gasteiger partial charge in [0.05, 0.1) is 0 Å². The van der Waals surface area contributed by atoms with E-state index in [1.165, 1.54) is 89.9 Å². The van der Waals surface area contributed by atoms with Crippen LogP contribution in [0.15, 0.2) is 0 Å². The summed E-state index contributed by atoms with van der Waals surface area (Å²) in [6, 6.07) is 0. The van der Waals surface area contributed by atoms with E-state index in [4.69, 9.17) is 0 Å². The molecular formula is C16H35BrNNa. The van der Waals surface area contributed by atoms with Crippen LogP contribution in [-0.2, 0) is 0 Å². The third-order valence-corrected chi connectivity index (χ3v) is 4.02. The van der Waals surface area contributed by atoms with Crippen molar-refractivity contribution in [1.82, 2.24) is 4.34 Å². The first-order valence-electron chi connectivity index (χ1n) is 8.25. The van der Waals surface area contributed by atoms with E-state index in [2.05, 4.69) is 27.4 Å². The van der Waals surface area contributed by atoms with Gasteiger partial charge >= 0.3 is 29.6 Å². The van der Waals surface area contributed by atoms with Gasteiger partial charge in [0.1, 0.15) is 0 Å². The van der Waals surface area contributed by atoms with Crippen molar-refractivity contribution in [2.75, 3.05) is 6.54 Å². The second-order valence-corrected chi connectivity index (χ2v) is 6.04. The van der Waals surface area contributed by atoms with Crippen LogP contribution in [0.4, 0.5) is 0 Å². The topological polar surface area (TPSA) is 12.0 Å². The second-order valence-electron chi connectivity index (χ2n) is 5.48. The van der Waals surface area contributed by atoms with Crippen molar-refractivity contribution in [3.05, 3.63) is 0 Å². The molecule has 112 valence electrons. The van der Waals surface area contributed by atoms with Crippen LogP contribution in [0.1, 0.15) is 98.2 Å². The molecule has 0 aromatic heterocycles. The molecule has 0 saturated heterocycles. The van der Waals surface area contributed by atoms with Crippen LogP contribution >= 0.6 is 16.1 Å². The van der Waals surface area contributed by atoms with Crippen LogP contribution in [0.25, 0.3) is 0 Å². The molecule has 0 radical (unpaired) electrons. The molecule has 1 N–H and O–H groups in total. The number of hydrogen-bond donors (Lipinski definition) is 1. The minimum atomic E-state index is 0. The first-order valence-corrected chi connectivity index (χ1v) is 9.04. The van der Waals surface area contributed by atoms with E-state index < -0.39 is 0 Å². The molecule has 0 amide bonds. The van der Waals surface area contributed by atoms with Gasteiger partial charge in [-0.3, -0.25) is 4.34 Å². The van der Waals surface area contributed by atoms with Crippen molar-refractivity contribution in [3.63, 3.8) is 0 Å². The summed E-state index contributed by atoms with van der Waals surface area (Å²) in [5.41, 5.74) is 0. The van der Waals surface area contributed by atoms with Gasteiger partial charge in [-0.25, -0.2) is 0 Å². The van der Waals surface area contributed by atoms with Crippen molar-refractivity contribution in [2.45, 2.75) is 96.8 Å². The summed E-state index contributed by atoms with van der Waals surface area (Å²) in [5.74, 6) is 0. The summed E-state index contributed by atoms with van der Waals surface area (Å²) in [5, 5.41) is 0. The number of hydrogen-bond acceptors (Lipinski definition) is 1. The van der Waals surface area contributed by atoms with Gasteiger partial charge in [0.25, 0.3) is 0 Å². The average molecular weight is 344 g/mol. The third-order valence-electron chi connectivity index (χ3n) is 3.62. The van der Waals surface area contributed by atoms with E-state index >= 15 is 0 Å². The Hall–Kier alpha value is 1.44. The van der Waals surface area contributed by atoms with E-state index in [1.807, 2.05) is 0 Å². The summed E-state index contributed by atoms with van der Waals surface area (Å²) in [6.07, 6.45) is 20.1. The zero-order chi connectivity index (χ0) is 13.3. The number of rotatable bonds is 15. The van der Waals surface area contributed by atoms with E-state index in [0.29, 0.717) is 0 Å². The molecule has 0 rings (SSSR count). The third kappa shape index (κ3) is 21.9. The molecule has 0 atom stereocenters. The molecule has 0 heterocycles. The zero-order valence-electron chi connectivity index (χ0n) is 14.5. The maximum atomic E-state index is 3.24. The van der Waals surface area contributed by atoms with Gasteiger partial charge in [-0.05, 0) is 6.42 Å². The maximum Gasteiger partial charge on any atom is 1.00 e. The molecule has 0 aromatic carbocycles. The Morgan fingerprint density at radius 3 is 1.26 bits per heavy atom. The number of halogens is 1. The molecule has 0 bridgehead atoms. The summed E-state index contributed by atoms with van der Waals surface area (Å²) >= 11 is 3.24. The standard InChI is InChI=1S/C16H34BrN.Na.H/c1-2-3-4-5-6-7-8-9-10-11-12-13-14-15-16-18-17;;/h18H,2-16H2,1H3;;/q;+1;-1. The molecule has 3 heteroatoms. The Labute approximate surface area is 154 Å². The Bertz CT molecular complexity index is 134. The van der Waals surface area contributed by atoms with Crippen LogP contribution in [0.2, 0.25) is 0 Å². The number of unbranched alkanes of at least 4 members (excludes halogenated alkanes) is 13. The van der Waals surface area contributed by atoms with Gasteiger partial charge in [-0.1, -0.05) is 90.4 Å². The van der Waals surface area contributed by atoms with Crippen molar-refractivity contribution < 1.29 is 31.0 Å². The van der Waals surface area contributed by atoms with Crippen LogP contribution in [-0.4, -0.2) is 6.54 Å². The van der Waals surface area contributed by atoms with Crippen LogP contribution in [0.3, 0.4) is 0 Å². The molecule has 0 spiro atoms. The second kappa shape index (κ2) is 21.7. The van der Waals surface area contributed by atoms with E-state index in [0.717, 1.165) is 6.54 Å². The number of nitrogens with one attached hydrogen (secondary N) is 1. The van der Waals surface area contributed by atoms with Gasteiger partial charge in [-0.2, -0.15) is 0 Å². The Morgan fingerprint density at radius 2 is 0.947 bits per heavy atom. The van der Waals surface area contributed by atoms with Gasteiger partial charge in [0.2, 0.25) is 0 Å². The molecule has 0 aromatic rings. The molecule has 0 aliphatic rings. The smallest absolute Gasteiger partial charge is 1.00 e. The van der Waals surface area contributed by atoms with Crippen LogP contribution in [0, 0.1) is 0 Å². The first-order chi connectivity index (χ1) is 8.91. The fourth-order valence-corrected chi connectivity index (χ4v) is 2.67. The van der Waals surface area contributed by atoms with E-state index in [1.54, 1.807) is 0 Å². The summed E-state index contributed by atoms with van der Waals surface area (Å²) in [4.78, 5) is 0. The summed E-state index contributed by atoms with van der Waals surface area (Å²) in [6.45, 7) is 3.40. The first kappa shape index (κ1) is 22.7. The molecule has 0 aliphatic carbocycles. The molecule has 19 heavy (non-hydrogen) atoms. The molecule has 0 saturated carbocycles. The van der Waals surface area contributed by atoms with Gasteiger partial charge < -0.3 is 1.43 Å². The SMILES string of the molecule is CCCCCCCCCCCCCCCCNBr.[H-].[Na+]. The molecule has 0 fully saturated rings. The van der Waals surface area contributed by atoms with Crippen molar-refractivity contribution in [1.29, 1.82) is 0 Å². The average Bonchev–Trinajstić information content (AvgIpc) is 2.39. The van der Waals surface area contributed by atoms with E-state index in [9.17, 15) is 0 Å². The Kier molecular flexibility index (Phi) is 26.0. The van der Waals surface area contributed by atoms with Crippen LogP contribution < -0.4 is 33.9 Å². The monoisotopic (exact) mass is 343 g/mol. The molecule has 0 aliphatic heterocycles. The van der Waals surface area contributed by atoms with Crippen molar-refractivity contribution in [3.8, 4) is 0 Å². The predicted molar refractivity (Wildman–Crippen MR) is 88.4 cm³/mol. The largest absolute Gasteiger partial charge is 1.00 e. The van der Waals surface area contributed by atoms with Crippen molar-refractivity contribution in [2.24, 2.45) is 0 Å². The minimum Gasteiger partial charge on any atom is -1.00 e. The van der Waals surface area contributed by atoms with E-state index in [-0.39, 0.29) is 31.0 Å². The van der Waals surface area contributed by atoms with Gasteiger partial charge in [0.15, 0.2) is 0 Å². The molecular weight excluding hydrogens is 309 g/mol. The zero-order valence-corrected chi connectivity index (χ0v) is 17.1. The quantitative estimate of drug-likeness (QED) is 0.272. The van der Waals surface area contributed by atoms with Gasteiger partial charge in [-0.15, -0.1) is 0 Å². The fourth-order valence-electron chi connectivity index (χ4n) is 2.39. The maximum absolute atomic E-state index is 3.24. The summed E-state index contributed by atoms with van der Waals surface area (Å²) in [7, 11) is 0. The normalized spacial score (nSPS) is 10.4. The molecule has 0 unspecified atom stereocenters. The fraction of sp³-hybridized carbons (Fsp3) is 1.00.